The van der Waals surface area contributed by atoms with Crippen LogP contribution in [-0.4, -0.2) is 35.5 Å². The van der Waals surface area contributed by atoms with E-state index in [2.05, 4.69) is 13.8 Å². The Labute approximate surface area is 207 Å². The average molecular weight is 470 g/mol. The van der Waals surface area contributed by atoms with Crippen LogP contribution in [0.4, 0.5) is 0 Å². The summed E-state index contributed by atoms with van der Waals surface area (Å²) in [5, 5.41) is 0. The maximum absolute atomic E-state index is 13.3. The van der Waals surface area contributed by atoms with Crippen LogP contribution in [0.15, 0.2) is 0 Å². The first kappa shape index (κ1) is 24.5. The molecule has 4 aliphatic carbocycles. The first-order valence-electron chi connectivity index (χ1n) is 14.7. The number of piperidine rings is 1. The first-order valence-corrected chi connectivity index (χ1v) is 14.7. The Bertz CT molecular complexity index is 764. The Morgan fingerprint density at radius 3 is 2.03 bits per heavy atom. The van der Waals surface area contributed by atoms with Crippen molar-refractivity contribution in [1.82, 2.24) is 4.90 Å². The van der Waals surface area contributed by atoms with Crippen LogP contribution in [-0.2, 0) is 14.4 Å². The molecule has 5 aliphatic rings. The average Bonchev–Trinajstić information content (AvgIpc) is 3.60. The normalized spacial score (nSPS) is 38.1. The molecule has 1 heterocycles. The van der Waals surface area contributed by atoms with Gasteiger partial charge in [0.25, 0.3) is 0 Å². The van der Waals surface area contributed by atoms with E-state index in [0.717, 1.165) is 88.6 Å². The highest BCUT2D eigenvalue weighted by atomic mass is 16.2. The molecular weight excluding hydrogens is 422 g/mol. The van der Waals surface area contributed by atoms with Gasteiger partial charge in [-0.25, -0.2) is 0 Å². The molecule has 4 nitrogen and oxygen atoms in total. The van der Waals surface area contributed by atoms with Crippen molar-refractivity contribution >= 4 is 17.5 Å². The number of nitrogens with zero attached hydrogens (tertiary/aromatic N) is 1. The van der Waals surface area contributed by atoms with Crippen molar-refractivity contribution in [2.24, 2.45) is 46.8 Å². The van der Waals surface area contributed by atoms with E-state index >= 15 is 0 Å². The van der Waals surface area contributed by atoms with Gasteiger partial charge in [0.05, 0.1) is 0 Å². The maximum atomic E-state index is 13.3. The third kappa shape index (κ3) is 5.31. The molecule has 1 aliphatic heterocycles. The third-order valence-electron chi connectivity index (χ3n) is 10.7. The number of ketones is 2. The number of likely N-dealkylation sites (tertiary alicyclic amines) is 1. The topological polar surface area (TPSA) is 54.5 Å². The molecule has 2 unspecified atom stereocenters. The lowest BCUT2D eigenvalue weighted by molar-refractivity contribution is -0.140. The molecule has 0 spiro atoms. The minimum atomic E-state index is -0.0869. The summed E-state index contributed by atoms with van der Waals surface area (Å²) in [5.74, 6) is 5.11. The van der Waals surface area contributed by atoms with Crippen molar-refractivity contribution in [2.75, 3.05) is 13.1 Å². The second kappa shape index (κ2) is 10.1. The van der Waals surface area contributed by atoms with Gasteiger partial charge >= 0.3 is 0 Å². The van der Waals surface area contributed by atoms with Crippen LogP contribution in [0.25, 0.3) is 0 Å². The van der Waals surface area contributed by atoms with Crippen molar-refractivity contribution in [2.45, 2.75) is 110 Å². The third-order valence-corrected chi connectivity index (χ3v) is 10.7. The van der Waals surface area contributed by atoms with E-state index in [1.54, 1.807) is 0 Å². The van der Waals surface area contributed by atoms with Crippen LogP contribution in [0.2, 0.25) is 0 Å². The fraction of sp³-hybridized carbons (Fsp3) is 0.900. The molecule has 0 aromatic heterocycles. The SMILES string of the molecule is CC1CC(C(=O)CC2CCCC(C3CCC(C(=O)C4CCN(C(=O)C5(C)CC5)CC4)CC3)C2)C1. The summed E-state index contributed by atoms with van der Waals surface area (Å²) in [4.78, 5) is 40.6. The monoisotopic (exact) mass is 469 g/mol. The van der Waals surface area contributed by atoms with Gasteiger partial charge in [-0.15, -0.1) is 0 Å². The Balaban J connectivity index is 1.04. The summed E-state index contributed by atoms with van der Waals surface area (Å²) in [7, 11) is 0. The lowest BCUT2D eigenvalue weighted by Crippen LogP contribution is -2.44. The molecule has 0 aromatic rings. The molecular formula is C30H47NO3. The van der Waals surface area contributed by atoms with E-state index in [-0.39, 0.29) is 17.3 Å². The fourth-order valence-corrected chi connectivity index (χ4v) is 7.92. The lowest BCUT2D eigenvalue weighted by atomic mass is 9.65. The standard InChI is InChI=1S/C30H47NO3/c1-20-16-26(17-20)27(32)19-21-4-3-5-25(18-21)22-6-8-23(9-7-22)28(33)24-10-14-31(15-11-24)29(34)30(2)12-13-30/h20-26H,3-19H2,1-2H3. The second-order valence-corrected chi connectivity index (χ2v) is 13.4. The van der Waals surface area contributed by atoms with Crippen molar-refractivity contribution in [3.8, 4) is 0 Å². The van der Waals surface area contributed by atoms with E-state index in [1.807, 2.05) is 4.90 Å². The molecule has 4 heteroatoms. The van der Waals surface area contributed by atoms with Gasteiger partial charge in [-0.05, 0) is 94.3 Å². The minimum absolute atomic E-state index is 0.0869. The number of hydrogen-bond donors (Lipinski definition) is 0. The largest absolute Gasteiger partial charge is 0.342 e. The number of Topliss-reactive ketones (excluding diaryl/α,β-unsaturated/α-hetero) is 2. The van der Waals surface area contributed by atoms with Crippen LogP contribution in [0.5, 0.6) is 0 Å². The predicted molar refractivity (Wildman–Crippen MR) is 134 cm³/mol. The summed E-state index contributed by atoms with van der Waals surface area (Å²) in [5.41, 5.74) is -0.0869. The van der Waals surface area contributed by atoms with Crippen LogP contribution in [0, 0.1) is 46.8 Å². The number of rotatable bonds is 7. The van der Waals surface area contributed by atoms with Crippen LogP contribution < -0.4 is 0 Å². The van der Waals surface area contributed by atoms with Gasteiger partial charge in [0, 0.05) is 42.7 Å². The van der Waals surface area contributed by atoms with E-state index in [0.29, 0.717) is 29.3 Å². The van der Waals surface area contributed by atoms with Gasteiger partial charge in [0.1, 0.15) is 11.6 Å². The minimum Gasteiger partial charge on any atom is -0.342 e. The van der Waals surface area contributed by atoms with E-state index in [1.165, 1.54) is 38.5 Å². The molecule has 0 N–H and O–H groups in total. The molecule has 190 valence electrons. The molecule has 4 saturated carbocycles. The van der Waals surface area contributed by atoms with Crippen molar-refractivity contribution in [3.05, 3.63) is 0 Å². The van der Waals surface area contributed by atoms with Gasteiger partial charge < -0.3 is 4.90 Å². The molecule has 2 atom stereocenters. The molecule has 0 bridgehead atoms. The zero-order valence-electron chi connectivity index (χ0n) is 21.7. The molecule has 1 saturated heterocycles. The van der Waals surface area contributed by atoms with Crippen LogP contribution >= 0.6 is 0 Å². The molecule has 0 aromatic carbocycles. The number of hydrogen-bond acceptors (Lipinski definition) is 3. The van der Waals surface area contributed by atoms with Crippen molar-refractivity contribution in [3.63, 3.8) is 0 Å². The van der Waals surface area contributed by atoms with Gasteiger partial charge in [-0.3, -0.25) is 14.4 Å². The molecule has 5 rings (SSSR count). The smallest absolute Gasteiger partial charge is 0.228 e. The van der Waals surface area contributed by atoms with E-state index in [4.69, 9.17) is 0 Å². The summed E-state index contributed by atoms with van der Waals surface area (Å²) in [6.45, 7) is 5.91. The van der Waals surface area contributed by atoms with Gasteiger partial charge in [-0.2, -0.15) is 0 Å². The zero-order valence-corrected chi connectivity index (χ0v) is 21.7. The molecule has 0 radical (unpaired) electrons. The van der Waals surface area contributed by atoms with Gasteiger partial charge in [0.15, 0.2) is 0 Å². The maximum Gasteiger partial charge on any atom is 0.228 e. The summed E-state index contributed by atoms with van der Waals surface area (Å²) >= 11 is 0. The summed E-state index contributed by atoms with van der Waals surface area (Å²) in [6.07, 6.45) is 16.6. The highest BCUT2D eigenvalue weighted by Gasteiger charge is 2.48. The fourth-order valence-electron chi connectivity index (χ4n) is 7.92. The quantitative estimate of drug-likeness (QED) is 0.445. The molecule has 5 fully saturated rings. The molecule has 34 heavy (non-hydrogen) atoms. The van der Waals surface area contributed by atoms with Crippen molar-refractivity contribution < 1.29 is 14.4 Å². The Morgan fingerprint density at radius 2 is 1.41 bits per heavy atom. The summed E-state index contributed by atoms with van der Waals surface area (Å²) < 4.78 is 0. The first-order chi connectivity index (χ1) is 16.3. The number of carbonyl (C=O) groups is 3. The van der Waals surface area contributed by atoms with Gasteiger partial charge in [-0.1, -0.05) is 33.1 Å². The Kier molecular flexibility index (Phi) is 7.24. The van der Waals surface area contributed by atoms with Gasteiger partial charge in [0.2, 0.25) is 5.91 Å². The Hall–Kier alpha value is -1.19. The molecule has 1 amide bonds. The zero-order chi connectivity index (χ0) is 23.9. The van der Waals surface area contributed by atoms with Crippen LogP contribution in [0.3, 0.4) is 0 Å². The van der Waals surface area contributed by atoms with E-state index in [9.17, 15) is 14.4 Å². The second-order valence-electron chi connectivity index (χ2n) is 13.4. The number of amides is 1. The number of carbonyl (C=O) groups excluding carboxylic acids is 3. The highest BCUT2D eigenvalue weighted by Crippen LogP contribution is 2.47. The van der Waals surface area contributed by atoms with Crippen LogP contribution in [0.1, 0.15) is 110 Å². The predicted octanol–water partition coefficient (Wildman–Crippen LogP) is 6.21. The summed E-state index contributed by atoms with van der Waals surface area (Å²) in [6, 6.07) is 0. The Morgan fingerprint density at radius 1 is 0.765 bits per heavy atom. The van der Waals surface area contributed by atoms with Crippen molar-refractivity contribution in [1.29, 1.82) is 0 Å². The highest BCUT2D eigenvalue weighted by molar-refractivity contribution is 5.86. The van der Waals surface area contributed by atoms with E-state index < -0.39 is 0 Å². The lowest BCUT2D eigenvalue weighted by Gasteiger charge is -2.40.